The molecule has 1 amide bonds. The van der Waals surface area contributed by atoms with E-state index in [4.69, 9.17) is 9.84 Å². The lowest BCUT2D eigenvalue weighted by Crippen LogP contribution is -2.44. The van der Waals surface area contributed by atoms with Gasteiger partial charge in [-0.25, -0.2) is 0 Å². The number of nitrogens with one attached hydrogen (secondary N) is 1. The van der Waals surface area contributed by atoms with Crippen LogP contribution in [0.5, 0.6) is 0 Å². The minimum atomic E-state index is -1.04. The van der Waals surface area contributed by atoms with Gasteiger partial charge < -0.3 is 15.2 Å². The second kappa shape index (κ2) is 6.52. The molecule has 5 nitrogen and oxygen atoms in total. The van der Waals surface area contributed by atoms with Gasteiger partial charge in [0, 0.05) is 6.61 Å². The zero-order chi connectivity index (χ0) is 14.5. The van der Waals surface area contributed by atoms with E-state index in [9.17, 15) is 9.59 Å². The van der Waals surface area contributed by atoms with Crippen LogP contribution in [0.15, 0.2) is 30.3 Å². The Bertz CT molecular complexity index is 474. The van der Waals surface area contributed by atoms with E-state index in [1.54, 1.807) is 0 Å². The highest BCUT2D eigenvalue weighted by Gasteiger charge is 2.34. The van der Waals surface area contributed by atoms with Crippen LogP contribution in [0.2, 0.25) is 0 Å². The number of carbonyl (C=O) groups is 2. The molecule has 0 spiro atoms. The van der Waals surface area contributed by atoms with Crippen molar-refractivity contribution in [1.29, 1.82) is 0 Å². The predicted octanol–water partition coefficient (Wildman–Crippen LogP) is 1.74. The summed E-state index contributed by atoms with van der Waals surface area (Å²) in [5.41, 5.74) is 0.954. The maximum absolute atomic E-state index is 12.2. The van der Waals surface area contributed by atoms with Crippen molar-refractivity contribution in [3.05, 3.63) is 35.9 Å². The third kappa shape index (κ3) is 3.36. The van der Waals surface area contributed by atoms with E-state index in [2.05, 4.69) is 5.32 Å². The molecular weight excluding hydrogens is 258 g/mol. The van der Waals surface area contributed by atoms with Crippen molar-refractivity contribution >= 4 is 11.9 Å². The van der Waals surface area contributed by atoms with Crippen molar-refractivity contribution in [3.63, 3.8) is 0 Å². The van der Waals surface area contributed by atoms with E-state index < -0.39 is 12.0 Å². The highest BCUT2D eigenvalue weighted by Crippen LogP contribution is 2.33. The smallest absolute Gasteiger partial charge is 0.325 e. The Morgan fingerprint density at radius 3 is 2.70 bits per heavy atom. The number of benzene rings is 1. The van der Waals surface area contributed by atoms with Crippen LogP contribution >= 0.6 is 0 Å². The van der Waals surface area contributed by atoms with Gasteiger partial charge in [0.2, 0.25) is 5.91 Å². The average molecular weight is 277 g/mol. The lowest BCUT2D eigenvalue weighted by atomic mass is 9.88. The van der Waals surface area contributed by atoms with E-state index in [0.29, 0.717) is 13.0 Å². The van der Waals surface area contributed by atoms with Crippen LogP contribution in [0.25, 0.3) is 0 Å². The zero-order valence-corrected chi connectivity index (χ0v) is 11.4. The Morgan fingerprint density at radius 1 is 1.35 bits per heavy atom. The number of hydrogen-bond acceptors (Lipinski definition) is 3. The first kappa shape index (κ1) is 14.5. The summed E-state index contributed by atoms with van der Waals surface area (Å²) in [6.07, 6.45) is 1.21. The van der Waals surface area contributed by atoms with E-state index >= 15 is 0 Å². The summed E-state index contributed by atoms with van der Waals surface area (Å²) in [7, 11) is 0. The van der Waals surface area contributed by atoms with E-state index in [-0.39, 0.29) is 17.9 Å². The molecule has 2 N–H and O–H groups in total. The van der Waals surface area contributed by atoms with Crippen molar-refractivity contribution in [2.24, 2.45) is 5.92 Å². The minimum Gasteiger partial charge on any atom is -0.480 e. The first-order valence-corrected chi connectivity index (χ1v) is 6.79. The minimum absolute atomic E-state index is 0.256. The summed E-state index contributed by atoms with van der Waals surface area (Å²) in [6, 6.07) is 8.69. The normalized spacial score (nSPS) is 23.9. The van der Waals surface area contributed by atoms with Crippen LogP contribution in [-0.2, 0) is 14.3 Å². The zero-order valence-electron chi connectivity index (χ0n) is 11.4. The van der Waals surface area contributed by atoms with Gasteiger partial charge in [0.25, 0.3) is 0 Å². The van der Waals surface area contributed by atoms with Gasteiger partial charge in [-0.3, -0.25) is 9.59 Å². The predicted molar refractivity (Wildman–Crippen MR) is 73.1 cm³/mol. The molecule has 0 radical (unpaired) electrons. The van der Waals surface area contributed by atoms with E-state index in [1.807, 2.05) is 30.3 Å². The number of carboxylic acid groups (broad SMARTS) is 1. The average Bonchev–Trinajstić information content (AvgIpc) is 2.48. The maximum atomic E-state index is 12.2. The maximum Gasteiger partial charge on any atom is 0.325 e. The van der Waals surface area contributed by atoms with Crippen LogP contribution in [0.1, 0.15) is 31.4 Å². The highest BCUT2D eigenvalue weighted by molar-refractivity contribution is 5.85. The number of hydrogen-bond donors (Lipinski definition) is 2. The van der Waals surface area contributed by atoms with Gasteiger partial charge in [-0.2, -0.15) is 0 Å². The monoisotopic (exact) mass is 277 g/mol. The molecule has 0 aliphatic carbocycles. The number of aliphatic carboxylic acids is 1. The van der Waals surface area contributed by atoms with Crippen LogP contribution in [0.4, 0.5) is 0 Å². The van der Waals surface area contributed by atoms with E-state index in [0.717, 1.165) is 12.0 Å². The topological polar surface area (TPSA) is 75.6 Å². The molecule has 1 aromatic carbocycles. The molecule has 1 aliphatic rings. The molecule has 1 aromatic rings. The number of carbonyl (C=O) groups excluding carboxylic acids is 1. The van der Waals surface area contributed by atoms with Gasteiger partial charge in [0.1, 0.15) is 6.04 Å². The summed E-state index contributed by atoms with van der Waals surface area (Å²) in [5.74, 6) is -1.63. The molecule has 1 saturated heterocycles. The summed E-state index contributed by atoms with van der Waals surface area (Å²) in [5, 5.41) is 11.4. The molecule has 5 heteroatoms. The Hall–Kier alpha value is -1.88. The van der Waals surface area contributed by atoms with Crippen LogP contribution in [0, 0.1) is 5.92 Å². The van der Waals surface area contributed by atoms with Gasteiger partial charge in [0.15, 0.2) is 0 Å². The number of rotatable bonds is 4. The Balaban J connectivity index is 2.11. The fourth-order valence-electron chi connectivity index (χ4n) is 2.40. The Kier molecular flexibility index (Phi) is 4.74. The first-order chi connectivity index (χ1) is 9.59. The highest BCUT2D eigenvalue weighted by atomic mass is 16.5. The van der Waals surface area contributed by atoms with Crippen LogP contribution in [-0.4, -0.2) is 29.6 Å². The SMILES string of the molecule is CC(NC(=O)C1CCCOC1c1ccccc1)C(=O)O. The number of ether oxygens (including phenoxy) is 1. The third-order valence-corrected chi connectivity index (χ3v) is 3.52. The summed E-state index contributed by atoms with van der Waals surface area (Å²) >= 11 is 0. The van der Waals surface area contributed by atoms with Gasteiger partial charge in [-0.15, -0.1) is 0 Å². The molecule has 0 bridgehead atoms. The number of carboxylic acids is 1. The van der Waals surface area contributed by atoms with Crippen molar-refractivity contribution in [1.82, 2.24) is 5.32 Å². The van der Waals surface area contributed by atoms with Gasteiger partial charge in [-0.05, 0) is 25.3 Å². The number of amides is 1. The second-order valence-electron chi connectivity index (χ2n) is 5.02. The standard InChI is InChI=1S/C15H19NO4/c1-10(15(18)19)16-14(17)12-8-5-9-20-13(12)11-6-3-2-4-7-11/h2-4,6-7,10,12-13H,5,8-9H2,1H3,(H,16,17)(H,18,19). The van der Waals surface area contributed by atoms with Crippen molar-refractivity contribution < 1.29 is 19.4 Å². The summed E-state index contributed by atoms with van der Waals surface area (Å²) < 4.78 is 5.73. The van der Waals surface area contributed by atoms with Crippen LogP contribution < -0.4 is 5.32 Å². The van der Waals surface area contributed by atoms with Gasteiger partial charge >= 0.3 is 5.97 Å². The second-order valence-corrected chi connectivity index (χ2v) is 5.02. The molecule has 2 rings (SSSR count). The third-order valence-electron chi connectivity index (χ3n) is 3.52. The lowest BCUT2D eigenvalue weighted by molar-refractivity contribution is -0.144. The van der Waals surface area contributed by atoms with Gasteiger partial charge in [0.05, 0.1) is 12.0 Å². The fraction of sp³-hybridized carbons (Fsp3) is 0.467. The molecule has 3 atom stereocenters. The molecule has 1 heterocycles. The van der Waals surface area contributed by atoms with Crippen LogP contribution in [0.3, 0.4) is 0 Å². The summed E-state index contributed by atoms with van der Waals surface area (Å²) in [6.45, 7) is 2.08. The molecule has 108 valence electrons. The molecule has 0 saturated carbocycles. The molecule has 3 unspecified atom stereocenters. The quantitative estimate of drug-likeness (QED) is 0.879. The Morgan fingerprint density at radius 2 is 2.05 bits per heavy atom. The molecule has 1 fully saturated rings. The van der Waals surface area contributed by atoms with E-state index in [1.165, 1.54) is 6.92 Å². The van der Waals surface area contributed by atoms with Crippen molar-refractivity contribution in [3.8, 4) is 0 Å². The molecule has 0 aromatic heterocycles. The first-order valence-electron chi connectivity index (χ1n) is 6.79. The van der Waals surface area contributed by atoms with Crippen molar-refractivity contribution in [2.75, 3.05) is 6.61 Å². The fourth-order valence-corrected chi connectivity index (χ4v) is 2.40. The Labute approximate surface area is 117 Å². The van der Waals surface area contributed by atoms with Gasteiger partial charge in [-0.1, -0.05) is 30.3 Å². The molecule has 20 heavy (non-hydrogen) atoms. The largest absolute Gasteiger partial charge is 0.480 e. The molecule has 1 aliphatic heterocycles. The molecular formula is C15H19NO4. The van der Waals surface area contributed by atoms with Crippen molar-refractivity contribution in [2.45, 2.75) is 31.9 Å². The lowest BCUT2D eigenvalue weighted by Gasteiger charge is -2.31. The summed E-state index contributed by atoms with van der Waals surface area (Å²) in [4.78, 5) is 23.1.